The van der Waals surface area contributed by atoms with Gasteiger partial charge in [-0.15, -0.1) is 0 Å². The number of sulfonamides is 1. The first kappa shape index (κ1) is 33.1. The normalized spacial score (nSPS) is 12.6. The number of carbonyl (C=O) groups is 2. The second-order valence-electron chi connectivity index (χ2n) is 10.4. The van der Waals surface area contributed by atoms with Gasteiger partial charge in [-0.25, -0.2) is 8.42 Å². The first-order valence-corrected chi connectivity index (χ1v) is 15.7. The highest BCUT2D eigenvalue weighted by Crippen LogP contribution is 2.34. The molecule has 0 heterocycles. The van der Waals surface area contributed by atoms with E-state index in [0.717, 1.165) is 33.3 Å². The van der Waals surface area contributed by atoms with Crippen molar-refractivity contribution in [2.45, 2.75) is 52.2 Å². The first-order chi connectivity index (χ1) is 20.3. The van der Waals surface area contributed by atoms with Crippen molar-refractivity contribution in [2.24, 2.45) is 0 Å². The standard InChI is InChI=1S/C31H38N4O7S/c1-6-23(3)32-31(37)28(18-24-13-8-7-9-14-24)33(20-25-15-11-10-12-22(25)2)30(36)21-34(43(5,40)41)27-19-26(35(38)39)16-17-29(27)42-4/h7-17,19,23,28H,6,18,20-21H2,1-5H3,(H,32,37)/t23-,28+/m1/s1. The highest BCUT2D eigenvalue weighted by molar-refractivity contribution is 7.92. The number of rotatable bonds is 14. The van der Waals surface area contributed by atoms with Gasteiger partial charge in [0, 0.05) is 31.1 Å². The number of nitrogens with one attached hydrogen (secondary N) is 1. The fraction of sp³-hybridized carbons (Fsp3) is 0.355. The molecule has 0 bridgehead atoms. The number of hydrogen-bond acceptors (Lipinski definition) is 7. The molecule has 230 valence electrons. The summed E-state index contributed by atoms with van der Waals surface area (Å²) in [5, 5.41) is 14.5. The molecule has 0 unspecified atom stereocenters. The Kier molecular flexibility index (Phi) is 11.2. The van der Waals surface area contributed by atoms with E-state index in [9.17, 15) is 28.1 Å². The number of methoxy groups -OCH3 is 1. The van der Waals surface area contributed by atoms with E-state index in [4.69, 9.17) is 4.74 Å². The summed E-state index contributed by atoms with van der Waals surface area (Å²) in [4.78, 5) is 40.3. The third-order valence-corrected chi connectivity index (χ3v) is 8.32. The number of nitrogens with zero attached hydrogens (tertiary/aromatic N) is 3. The molecule has 11 nitrogen and oxygen atoms in total. The van der Waals surface area contributed by atoms with Crippen LogP contribution in [0.2, 0.25) is 0 Å². The molecule has 0 aliphatic carbocycles. The lowest BCUT2D eigenvalue weighted by Gasteiger charge is -2.34. The van der Waals surface area contributed by atoms with Crippen molar-refractivity contribution >= 4 is 33.2 Å². The average molecular weight is 611 g/mol. The Labute approximate surface area is 252 Å². The molecule has 3 aromatic carbocycles. The zero-order valence-corrected chi connectivity index (χ0v) is 25.8. The number of hydrogen-bond donors (Lipinski definition) is 1. The van der Waals surface area contributed by atoms with Crippen LogP contribution in [0.1, 0.15) is 37.0 Å². The number of ether oxygens (including phenoxy) is 1. The van der Waals surface area contributed by atoms with Gasteiger partial charge in [-0.2, -0.15) is 0 Å². The minimum absolute atomic E-state index is 0.0284. The molecule has 0 radical (unpaired) electrons. The van der Waals surface area contributed by atoms with Gasteiger partial charge >= 0.3 is 0 Å². The number of anilines is 1. The molecule has 0 aliphatic heterocycles. The number of amides is 2. The van der Waals surface area contributed by atoms with E-state index in [0.29, 0.717) is 6.42 Å². The Morgan fingerprint density at radius 2 is 1.70 bits per heavy atom. The average Bonchev–Trinajstić information content (AvgIpc) is 2.97. The third-order valence-electron chi connectivity index (χ3n) is 7.20. The quantitative estimate of drug-likeness (QED) is 0.213. The summed E-state index contributed by atoms with van der Waals surface area (Å²) in [7, 11) is -2.85. The van der Waals surface area contributed by atoms with Crippen molar-refractivity contribution in [1.82, 2.24) is 10.2 Å². The number of nitro benzene ring substituents is 1. The highest BCUT2D eigenvalue weighted by atomic mass is 32.2. The highest BCUT2D eigenvalue weighted by Gasteiger charge is 2.34. The Balaban J connectivity index is 2.14. The van der Waals surface area contributed by atoms with Gasteiger partial charge in [-0.1, -0.05) is 61.5 Å². The maximum atomic E-state index is 14.3. The monoisotopic (exact) mass is 610 g/mol. The summed E-state index contributed by atoms with van der Waals surface area (Å²) in [5.74, 6) is -1.01. The molecule has 43 heavy (non-hydrogen) atoms. The molecule has 12 heteroatoms. The Morgan fingerprint density at radius 3 is 2.28 bits per heavy atom. The minimum atomic E-state index is -4.15. The molecule has 3 rings (SSSR count). The van der Waals surface area contributed by atoms with Crippen molar-refractivity contribution in [1.29, 1.82) is 0 Å². The van der Waals surface area contributed by atoms with Gasteiger partial charge in [-0.05, 0) is 43.0 Å². The van der Waals surface area contributed by atoms with E-state index in [1.807, 2.05) is 75.4 Å². The largest absolute Gasteiger partial charge is 0.495 e. The first-order valence-electron chi connectivity index (χ1n) is 13.8. The summed E-state index contributed by atoms with van der Waals surface area (Å²) in [5.41, 5.74) is 1.95. The van der Waals surface area contributed by atoms with Crippen LogP contribution >= 0.6 is 0 Å². The van der Waals surface area contributed by atoms with Crippen LogP contribution in [-0.2, 0) is 32.6 Å². The zero-order chi connectivity index (χ0) is 31.7. The maximum absolute atomic E-state index is 14.3. The van der Waals surface area contributed by atoms with E-state index in [1.54, 1.807) is 0 Å². The van der Waals surface area contributed by atoms with E-state index in [2.05, 4.69) is 5.32 Å². The SMILES string of the molecule is CC[C@@H](C)NC(=O)[C@H](Cc1ccccc1)N(Cc1ccccc1C)C(=O)CN(c1cc([N+](=O)[O-])ccc1OC)S(C)(=O)=O. The molecule has 0 aromatic heterocycles. The molecule has 0 saturated heterocycles. The van der Waals surface area contributed by atoms with Gasteiger partial charge in [0.2, 0.25) is 21.8 Å². The van der Waals surface area contributed by atoms with Gasteiger partial charge in [0.05, 0.1) is 18.3 Å². The van der Waals surface area contributed by atoms with Gasteiger partial charge in [0.15, 0.2) is 0 Å². The lowest BCUT2D eigenvalue weighted by molar-refractivity contribution is -0.384. The molecule has 2 atom stereocenters. The number of non-ortho nitro benzene ring substituents is 1. The fourth-order valence-corrected chi connectivity index (χ4v) is 5.39. The van der Waals surface area contributed by atoms with Crippen LogP contribution in [0.15, 0.2) is 72.8 Å². The molecule has 2 amide bonds. The molecule has 0 fully saturated rings. The second kappa shape index (κ2) is 14.6. The summed E-state index contributed by atoms with van der Waals surface area (Å²) < 4.78 is 32.3. The minimum Gasteiger partial charge on any atom is -0.495 e. The van der Waals surface area contributed by atoms with Crippen LogP contribution in [0.25, 0.3) is 0 Å². The Morgan fingerprint density at radius 1 is 1.05 bits per heavy atom. The summed E-state index contributed by atoms with van der Waals surface area (Å²) >= 11 is 0. The van der Waals surface area contributed by atoms with Gasteiger partial charge in [0.1, 0.15) is 24.0 Å². The zero-order valence-electron chi connectivity index (χ0n) is 25.0. The molecular weight excluding hydrogens is 572 g/mol. The Bertz CT molecular complexity index is 1550. The van der Waals surface area contributed by atoms with Crippen LogP contribution in [0.5, 0.6) is 5.75 Å². The van der Waals surface area contributed by atoms with Crippen molar-refractivity contribution < 1.29 is 27.7 Å². The molecule has 0 saturated carbocycles. The smallest absolute Gasteiger partial charge is 0.271 e. The van der Waals surface area contributed by atoms with Gasteiger partial charge < -0.3 is 15.0 Å². The van der Waals surface area contributed by atoms with E-state index in [-0.39, 0.29) is 42.0 Å². The number of benzene rings is 3. The van der Waals surface area contributed by atoms with Crippen LogP contribution in [0.4, 0.5) is 11.4 Å². The predicted molar refractivity (Wildman–Crippen MR) is 165 cm³/mol. The maximum Gasteiger partial charge on any atom is 0.271 e. The predicted octanol–water partition coefficient (Wildman–Crippen LogP) is 4.23. The Hall–Kier alpha value is -4.45. The van der Waals surface area contributed by atoms with E-state index < -0.39 is 33.4 Å². The second-order valence-corrected chi connectivity index (χ2v) is 12.3. The summed E-state index contributed by atoms with van der Waals surface area (Å²) in [6.07, 6.45) is 1.75. The van der Waals surface area contributed by atoms with E-state index in [1.165, 1.54) is 24.1 Å². The third kappa shape index (κ3) is 8.77. The fourth-order valence-electron chi connectivity index (χ4n) is 4.55. The molecule has 3 aromatic rings. The van der Waals surface area contributed by atoms with Crippen LogP contribution in [-0.4, -0.2) is 62.0 Å². The summed E-state index contributed by atoms with van der Waals surface area (Å²) in [6, 6.07) is 19.0. The number of carbonyl (C=O) groups excluding carboxylic acids is 2. The lowest BCUT2D eigenvalue weighted by atomic mass is 10.0. The van der Waals surface area contributed by atoms with Crippen molar-refractivity contribution in [3.8, 4) is 5.75 Å². The van der Waals surface area contributed by atoms with Crippen molar-refractivity contribution in [3.05, 3.63) is 99.6 Å². The van der Waals surface area contributed by atoms with Crippen molar-refractivity contribution in [3.63, 3.8) is 0 Å². The van der Waals surface area contributed by atoms with E-state index >= 15 is 0 Å². The number of aryl methyl sites for hydroxylation is 1. The molecule has 1 N–H and O–H groups in total. The van der Waals surface area contributed by atoms with Crippen molar-refractivity contribution in [2.75, 3.05) is 24.2 Å². The summed E-state index contributed by atoms with van der Waals surface area (Å²) in [6.45, 7) is 5.00. The van der Waals surface area contributed by atoms with Gasteiger partial charge in [-0.3, -0.25) is 24.0 Å². The molecule has 0 spiro atoms. The topological polar surface area (TPSA) is 139 Å². The van der Waals surface area contributed by atoms with Crippen LogP contribution < -0.4 is 14.4 Å². The number of nitro groups is 1. The van der Waals surface area contributed by atoms with Gasteiger partial charge in [0.25, 0.3) is 5.69 Å². The lowest BCUT2D eigenvalue weighted by Crippen LogP contribution is -2.54. The van der Waals surface area contributed by atoms with Crippen LogP contribution in [0, 0.1) is 17.0 Å². The molecular formula is C31H38N4O7S. The van der Waals surface area contributed by atoms with Crippen LogP contribution in [0.3, 0.4) is 0 Å². The molecule has 0 aliphatic rings.